The van der Waals surface area contributed by atoms with Crippen molar-refractivity contribution in [3.05, 3.63) is 34.6 Å². The Morgan fingerprint density at radius 3 is 2.69 bits per heavy atom. The van der Waals surface area contributed by atoms with Gasteiger partial charge in [0.1, 0.15) is 5.82 Å². The molecule has 3 heteroatoms. The molecule has 1 saturated carbocycles. The van der Waals surface area contributed by atoms with Crippen molar-refractivity contribution >= 4 is 11.6 Å². The van der Waals surface area contributed by atoms with Gasteiger partial charge >= 0.3 is 0 Å². The summed E-state index contributed by atoms with van der Waals surface area (Å²) < 4.78 is 12.8. The summed E-state index contributed by atoms with van der Waals surface area (Å²) in [6.45, 7) is 0. The minimum atomic E-state index is -0.342. The zero-order chi connectivity index (χ0) is 11.5. The summed E-state index contributed by atoms with van der Waals surface area (Å²) in [6, 6.07) is 4.36. The van der Waals surface area contributed by atoms with Crippen molar-refractivity contribution < 1.29 is 9.50 Å². The van der Waals surface area contributed by atoms with E-state index in [-0.39, 0.29) is 11.9 Å². The van der Waals surface area contributed by atoms with E-state index in [0.29, 0.717) is 17.4 Å². The van der Waals surface area contributed by atoms with E-state index < -0.39 is 0 Å². The van der Waals surface area contributed by atoms with Gasteiger partial charge in [0, 0.05) is 11.4 Å². The Hall–Kier alpha value is -0.600. The molecule has 1 aromatic carbocycles. The fourth-order valence-electron chi connectivity index (χ4n) is 2.42. The van der Waals surface area contributed by atoms with Gasteiger partial charge in [-0.1, -0.05) is 30.5 Å². The third-order valence-electron chi connectivity index (χ3n) is 3.39. The number of aliphatic hydroxyl groups is 1. The maximum atomic E-state index is 12.8. The van der Waals surface area contributed by atoms with Crippen LogP contribution in [0, 0.1) is 11.7 Å². The van der Waals surface area contributed by atoms with E-state index in [2.05, 4.69) is 0 Å². The van der Waals surface area contributed by atoms with Gasteiger partial charge in [-0.05, 0) is 36.5 Å². The molecule has 1 unspecified atom stereocenters. The van der Waals surface area contributed by atoms with E-state index in [4.69, 9.17) is 11.6 Å². The summed E-state index contributed by atoms with van der Waals surface area (Å²) in [4.78, 5) is 0. The standard InChI is InChI=1S/C13H16ClFO/c14-12-8-11(15)6-5-10(12)7-13(16)9-3-1-2-4-9/h5-6,8-9,13,16H,1-4,7H2. The fraction of sp³-hybridized carbons (Fsp3) is 0.538. The highest BCUT2D eigenvalue weighted by molar-refractivity contribution is 6.31. The predicted octanol–water partition coefficient (Wildman–Crippen LogP) is 3.57. The van der Waals surface area contributed by atoms with Crippen LogP contribution in [0.1, 0.15) is 31.2 Å². The van der Waals surface area contributed by atoms with E-state index in [9.17, 15) is 9.50 Å². The number of rotatable bonds is 3. The average Bonchev–Trinajstić information content (AvgIpc) is 2.75. The average molecular weight is 243 g/mol. The Bertz CT molecular complexity index is 361. The van der Waals surface area contributed by atoms with Crippen molar-refractivity contribution in [2.24, 2.45) is 5.92 Å². The highest BCUT2D eigenvalue weighted by atomic mass is 35.5. The van der Waals surface area contributed by atoms with Crippen LogP contribution in [0.5, 0.6) is 0 Å². The molecule has 0 saturated heterocycles. The Kier molecular flexibility index (Phi) is 3.82. The molecule has 1 fully saturated rings. The first-order valence-corrected chi connectivity index (χ1v) is 6.16. The van der Waals surface area contributed by atoms with Crippen LogP contribution in [0.25, 0.3) is 0 Å². The van der Waals surface area contributed by atoms with Crippen LogP contribution in [0.15, 0.2) is 18.2 Å². The smallest absolute Gasteiger partial charge is 0.124 e. The molecule has 0 radical (unpaired) electrons. The zero-order valence-electron chi connectivity index (χ0n) is 9.13. The summed E-state index contributed by atoms with van der Waals surface area (Å²) in [5.41, 5.74) is 0.836. The van der Waals surface area contributed by atoms with Crippen molar-refractivity contribution in [2.75, 3.05) is 0 Å². The molecular formula is C13H16ClFO. The highest BCUT2D eigenvalue weighted by Crippen LogP contribution is 2.30. The van der Waals surface area contributed by atoms with Crippen LogP contribution < -0.4 is 0 Å². The van der Waals surface area contributed by atoms with Crippen molar-refractivity contribution in [2.45, 2.75) is 38.2 Å². The number of aliphatic hydroxyl groups excluding tert-OH is 1. The van der Waals surface area contributed by atoms with Crippen molar-refractivity contribution in [1.82, 2.24) is 0 Å². The SMILES string of the molecule is OC(Cc1ccc(F)cc1Cl)C1CCCC1. The van der Waals surface area contributed by atoms with Crippen LogP contribution in [-0.4, -0.2) is 11.2 Å². The second-order valence-corrected chi connectivity index (χ2v) is 4.96. The normalized spacial score (nSPS) is 18.9. The quantitative estimate of drug-likeness (QED) is 0.859. The van der Waals surface area contributed by atoms with E-state index in [0.717, 1.165) is 18.4 Å². The van der Waals surface area contributed by atoms with E-state index in [1.807, 2.05) is 0 Å². The van der Waals surface area contributed by atoms with E-state index in [1.165, 1.54) is 25.0 Å². The molecule has 0 heterocycles. The van der Waals surface area contributed by atoms with Crippen LogP contribution in [0.2, 0.25) is 5.02 Å². The molecule has 1 N–H and O–H groups in total. The van der Waals surface area contributed by atoms with Gasteiger partial charge in [0.15, 0.2) is 0 Å². The molecule has 0 bridgehead atoms. The summed E-state index contributed by atoms with van der Waals surface area (Å²) >= 11 is 5.93. The lowest BCUT2D eigenvalue weighted by Gasteiger charge is -2.18. The molecule has 0 aromatic heterocycles. The van der Waals surface area contributed by atoms with Gasteiger partial charge in [0.05, 0.1) is 6.10 Å². The molecule has 1 aromatic rings. The second kappa shape index (κ2) is 5.15. The lowest BCUT2D eigenvalue weighted by Crippen LogP contribution is -2.20. The number of benzene rings is 1. The third-order valence-corrected chi connectivity index (χ3v) is 3.74. The minimum absolute atomic E-state index is 0.330. The lowest BCUT2D eigenvalue weighted by molar-refractivity contribution is 0.111. The summed E-state index contributed by atoms with van der Waals surface area (Å²) in [5.74, 6) is 0.0604. The molecule has 2 rings (SSSR count). The number of hydrogen-bond acceptors (Lipinski definition) is 1. The molecule has 1 aliphatic rings. The van der Waals surface area contributed by atoms with Gasteiger partial charge in [-0.15, -0.1) is 0 Å². The first-order valence-electron chi connectivity index (χ1n) is 5.79. The van der Waals surface area contributed by atoms with Crippen molar-refractivity contribution in [1.29, 1.82) is 0 Å². The first kappa shape index (κ1) is 11.9. The Morgan fingerprint density at radius 1 is 1.38 bits per heavy atom. The molecule has 1 nitrogen and oxygen atoms in total. The maximum absolute atomic E-state index is 12.8. The van der Waals surface area contributed by atoms with Crippen LogP contribution in [0.3, 0.4) is 0 Å². The number of hydrogen-bond donors (Lipinski definition) is 1. The molecule has 88 valence electrons. The van der Waals surface area contributed by atoms with Crippen molar-refractivity contribution in [3.63, 3.8) is 0 Å². The maximum Gasteiger partial charge on any atom is 0.124 e. The molecule has 1 aliphatic carbocycles. The monoisotopic (exact) mass is 242 g/mol. The topological polar surface area (TPSA) is 20.2 Å². The molecule has 0 amide bonds. The first-order chi connectivity index (χ1) is 7.66. The largest absolute Gasteiger partial charge is 0.392 e. The summed E-state index contributed by atoms with van der Waals surface area (Å²) in [5, 5.41) is 10.5. The van der Waals surface area contributed by atoms with Crippen molar-refractivity contribution in [3.8, 4) is 0 Å². The third kappa shape index (κ3) is 2.74. The zero-order valence-corrected chi connectivity index (χ0v) is 9.88. The van der Waals surface area contributed by atoms with Crippen LogP contribution >= 0.6 is 11.6 Å². The lowest BCUT2D eigenvalue weighted by atomic mass is 9.95. The molecular weight excluding hydrogens is 227 g/mol. The van der Waals surface area contributed by atoms with E-state index >= 15 is 0 Å². The van der Waals surface area contributed by atoms with Gasteiger partial charge in [0.25, 0.3) is 0 Å². The highest BCUT2D eigenvalue weighted by Gasteiger charge is 2.23. The van der Waals surface area contributed by atoms with E-state index in [1.54, 1.807) is 6.07 Å². The molecule has 0 spiro atoms. The minimum Gasteiger partial charge on any atom is -0.392 e. The van der Waals surface area contributed by atoms with Crippen LogP contribution in [-0.2, 0) is 6.42 Å². The van der Waals surface area contributed by atoms with Gasteiger partial charge in [-0.3, -0.25) is 0 Å². The Morgan fingerprint density at radius 2 is 2.06 bits per heavy atom. The van der Waals surface area contributed by atoms with Gasteiger partial charge in [-0.2, -0.15) is 0 Å². The van der Waals surface area contributed by atoms with Gasteiger partial charge in [-0.25, -0.2) is 4.39 Å². The van der Waals surface area contributed by atoms with Gasteiger partial charge in [0.2, 0.25) is 0 Å². The molecule has 16 heavy (non-hydrogen) atoms. The summed E-state index contributed by atoms with van der Waals surface area (Å²) in [6.07, 6.45) is 4.80. The van der Waals surface area contributed by atoms with Gasteiger partial charge < -0.3 is 5.11 Å². The number of halogens is 2. The Labute approximate surface area is 100 Å². The molecule has 0 aliphatic heterocycles. The molecule has 1 atom stereocenters. The van der Waals surface area contributed by atoms with Crippen LogP contribution in [0.4, 0.5) is 4.39 Å². The second-order valence-electron chi connectivity index (χ2n) is 4.55. The predicted molar refractivity (Wildman–Crippen MR) is 63.1 cm³/mol. The summed E-state index contributed by atoms with van der Waals surface area (Å²) in [7, 11) is 0. The Balaban J connectivity index is 2.02. The fourth-order valence-corrected chi connectivity index (χ4v) is 2.67.